The van der Waals surface area contributed by atoms with E-state index in [1.165, 1.54) is 4.90 Å². The molecular weight excluding hydrogens is 280 g/mol. The molecule has 1 saturated heterocycles. The van der Waals surface area contributed by atoms with E-state index in [2.05, 4.69) is 0 Å². The van der Waals surface area contributed by atoms with Gasteiger partial charge in [0.25, 0.3) is 0 Å². The van der Waals surface area contributed by atoms with E-state index < -0.39 is 29.4 Å². The molecule has 0 N–H and O–H groups in total. The fourth-order valence-electron chi connectivity index (χ4n) is 2.45. The summed E-state index contributed by atoms with van der Waals surface area (Å²) in [6, 6.07) is 1.86. The Balaban J connectivity index is 2.19. The van der Waals surface area contributed by atoms with E-state index in [9.17, 15) is 18.4 Å². The molecule has 1 aliphatic rings. The Labute approximate surface area is 121 Å². The van der Waals surface area contributed by atoms with Gasteiger partial charge in [-0.3, -0.25) is 4.79 Å². The van der Waals surface area contributed by atoms with Gasteiger partial charge in [-0.25, -0.2) is 13.6 Å². The Morgan fingerprint density at radius 1 is 1.33 bits per heavy atom. The van der Waals surface area contributed by atoms with Gasteiger partial charge in [0.2, 0.25) is 5.91 Å². The summed E-state index contributed by atoms with van der Waals surface area (Å²) < 4.78 is 31.6. The van der Waals surface area contributed by atoms with Gasteiger partial charge in [0.05, 0.1) is 0 Å². The molecule has 1 fully saturated rings. The van der Waals surface area contributed by atoms with E-state index in [-0.39, 0.29) is 11.8 Å². The van der Waals surface area contributed by atoms with Crippen LogP contribution in [0.15, 0.2) is 18.2 Å². The molecule has 0 saturated carbocycles. The van der Waals surface area contributed by atoms with Crippen molar-refractivity contribution in [3.63, 3.8) is 0 Å². The van der Waals surface area contributed by atoms with Crippen molar-refractivity contribution in [2.75, 3.05) is 6.54 Å². The van der Waals surface area contributed by atoms with Crippen LogP contribution in [0.5, 0.6) is 5.75 Å². The second-order valence-corrected chi connectivity index (χ2v) is 5.38. The number of nitrogens with zero attached hydrogens (tertiary/aromatic N) is 1. The Morgan fingerprint density at radius 3 is 2.62 bits per heavy atom. The normalized spacial score (nSPS) is 16.4. The quantitative estimate of drug-likeness (QED) is 0.634. The summed E-state index contributed by atoms with van der Waals surface area (Å²) in [5, 5.41) is 0. The SMILES string of the molecule is CC(C)[C@H](C(=O)Oc1cc(F)ccc1F)N1CCCC1=O. The number of hydrogen-bond acceptors (Lipinski definition) is 3. The Morgan fingerprint density at radius 2 is 2.05 bits per heavy atom. The van der Waals surface area contributed by atoms with Crippen LogP contribution in [0.1, 0.15) is 26.7 Å². The van der Waals surface area contributed by atoms with Crippen molar-refractivity contribution in [3.8, 4) is 5.75 Å². The fourth-order valence-corrected chi connectivity index (χ4v) is 2.45. The van der Waals surface area contributed by atoms with E-state index in [0.717, 1.165) is 18.2 Å². The summed E-state index contributed by atoms with van der Waals surface area (Å²) in [5.74, 6) is -3.03. The Hall–Kier alpha value is -1.98. The first-order chi connectivity index (χ1) is 9.90. The van der Waals surface area contributed by atoms with Gasteiger partial charge in [-0.15, -0.1) is 0 Å². The van der Waals surface area contributed by atoms with E-state index in [1.54, 1.807) is 13.8 Å². The first-order valence-corrected chi connectivity index (χ1v) is 6.86. The third-order valence-corrected chi connectivity index (χ3v) is 3.42. The highest BCUT2D eigenvalue weighted by Gasteiger charge is 2.36. The molecule has 0 bridgehead atoms. The lowest BCUT2D eigenvalue weighted by molar-refractivity contribution is -0.148. The van der Waals surface area contributed by atoms with Crippen molar-refractivity contribution in [2.45, 2.75) is 32.7 Å². The van der Waals surface area contributed by atoms with Crippen molar-refractivity contribution in [1.29, 1.82) is 0 Å². The van der Waals surface area contributed by atoms with Crippen LogP contribution < -0.4 is 4.74 Å². The largest absolute Gasteiger partial charge is 0.422 e. The zero-order valence-electron chi connectivity index (χ0n) is 11.9. The Bertz CT molecular complexity index is 560. The predicted molar refractivity (Wildman–Crippen MR) is 71.6 cm³/mol. The van der Waals surface area contributed by atoms with E-state index in [1.807, 2.05) is 0 Å². The average Bonchev–Trinajstić information content (AvgIpc) is 2.80. The van der Waals surface area contributed by atoms with Gasteiger partial charge in [0.1, 0.15) is 11.9 Å². The van der Waals surface area contributed by atoms with Crippen LogP contribution in [-0.2, 0) is 9.59 Å². The summed E-state index contributed by atoms with van der Waals surface area (Å²) in [5.41, 5.74) is 0. The molecule has 1 aliphatic heterocycles. The van der Waals surface area contributed by atoms with Crippen molar-refractivity contribution in [3.05, 3.63) is 29.8 Å². The van der Waals surface area contributed by atoms with Crippen LogP contribution in [-0.4, -0.2) is 29.4 Å². The maximum absolute atomic E-state index is 13.5. The summed E-state index contributed by atoms with van der Waals surface area (Å²) >= 11 is 0. The highest BCUT2D eigenvalue weighted by Crippen LogP contribution is 2.23. The van der Waals surface area contributed by atoms with Gasteiger partial charge in [0, 0.05) is 19.0 Å². The third-order valence-electron chi connectivity index (χ3n) is 3.42. The first-order valence-electron chi connectivity index (χ1n) is 6.86. The number of esters is 1. The molecule has 0 aromatic heterocycles. The number of likely N-dealkylation sites (tertiary alicyclic amines) is 1. The molecule has 1 aromatic rings. The van der Waals surface area contributed by atoms with Gasteiger partial charge < -0.3 is 9.64 Å². The van der Waals surface area contributed by atoms with Gasteiger partial charge in [-0.1, -0.05) is 13.8 Å². The molecule has 1 heterocycles. The monoisotopic (exact) mass is 297 g/mol. The van der Waals surface area contributed by atoms with Crippen molar-refractivity contribution in [1.82, 2.24) is 4.90 Å². The van der Waals surface area contributed by atoms with E-state index in [0.29, 0.717) is 19.4 Å². The van der Waals surface area contributed by atoms with Gasteiger partial charge in [0.15, 0.2) is 11.6 Å². The Kier molecular flexibility index (Phi) is 4.55. The predicted octanol–water partition coefficient (Wildman–Crippen LogP) is 2.52. The summed E-state index contributed by atoms with van der Waals surface area (Å²) in [6.45, 7) is 4.03. The average molecular weight is 297 g/mol. The number of halogens is 2. The van der Waals surface area contributed by atoms with E-state index in [4.69, 9.17) is 4.74 Å². The first kappa shape index (κ1) is 15.4. The molecule has 1 amide bonds. The standard InChI is InChI=1S/C15H17F2NO3/c1-9(2)14(18-7-3-4-13(18)19)15(20)21-12-8-10(16)5-6-11(12)17/h5-6,8-9,14H,3-4,7H2,1-2H3/t14-/m1/s1. The minimum Gasteiger partial charge on any atom is -0.422 e. The summed E-state index contributed by atoms with van der Waals surface area (Å²) in [4.78, 5) is 25.5. The molecule has 2 rings (SSSR count). The van der Waals surface area contributed by atoms with Gasteiger partial charge >= 0.3 is 5.97 Å². The lowest BCUT2D eigenvalue weighted by atomic mass is 10.0. The van der Waals surface area contributed by atoms with Crippen LogP contribution in [0.4, 0.5) is 8.78 Å². The minimum atomic E-state index is -0.819. The smallest absolute Gasteiger partial charge is 0.334 e. The molecule has 1 aromatic carbocycles. The topological polar surface area (TPSA) is 46.6 Å². The lowest BCUT2D eigenvalue weighted by Gasteiger charge is -2.28. The van der Waals surface area contributed by atoms with Crippen molar-refractivity contribution < 1.29 is 23.1 Å². The molecule has 0 aliphatic carbocycles. The summed E-state index contributed by atoms with van der Waals surface area (Å²) in [7, 11) is 0. The number of ether oxygens (including phenoxy) is 1. The third kappa shape index (κ3) is 3.37. The highest BCUT2D eigenvalue weighted by molar-refractivity contribution is 5.87. The maximum Gasteiger partial charge on any atom is 0.334 e. The maximum atomic E-state index is 13.5. The number of rotatable bonds is 4. The van der Waals surface area contributed by atoms with Crippen molar-refractivity contribution in [2.24, 2.45) is 5.92 Å². The number of carbonyl (C=O) groups excluding carboxylic acids is 2. The molecular formula is C15H17F2NO3. The summed E-state index contributed by atoms with van der Waals surface area (Å²) in [6.07, 6.45) is 1.08. The molecule has 0 unspecified atom stereocenters. The molecule has 0 spiro atoms. The molecule has 6 heteroatoms. The lowest BCUT2D eigenvalue weighted by Crippen LogP contribution is -2.47. The number of hydrogen-bond donors (Lipinski definition) is 0. The highest BCUT2D eigenvalue weighted by atomic mass is 19.1. The van der Waals surface area contributed by atoms with Crippen LogP contribution >= 0.6 is 0 Å². The molecule has 0 radical (unpaired) electrons. The van der Waals surface area contributed by atoms with Crippen LogP contribution in [0.2, 0.25) is 0 Å². The number of amides is 1. The fraction of sp³-hybridized carbons (Fsp3) is 0.467. The zero-order chi connectivity index (χ0) is 15.6. The molecule has 114 valence electrons. The second-order valence-electron chi connectivity index (χ2n) is 5.38. The number of carbonyl (C=O) groups is 2. The van der Waals surface area contributed by atoms with Crippen LogP contribution in [0.25, 0.3) is 0 Å². The van der Waals surface area contributed by atoms with Gasteiger partial charge in [-0.2, -0.15) is 0 Å². The minimum absolute atomic E-state index is 0.120. The van der Waals surface area contributed by atoms with Crippen LogP contribution in [0.3, 0.4) is 0 Å². The molecule has 21 heavy (non-hydrogen) atoms. The van der Waals surface area contributed by atoms with Crippen LogP contribution in [0, 0.1) is 17.6 Å². The number of benzene rings is 1. The van der Waals surface area contributed by atoms with E-state index >= 15 is 0 Å². The zero-order valence-corrected chi connectivity index (χ0v) is 11.9. The molecule has 4 nitrogen and oxygen atoms in total. The molecule has 1 atom stereocenters. The van der Waals surface area contributed by atoms with Gasteiger partial charge in [-0.05, 0) is 24.5 Å². The van der Waals surface area contributed by atoms with Crippen molar-refractivity contribution >= 4 is 11.9 Å². The second kappa shape index (κ2) is 6.20.